The zero-order valence-corrected chi connectivity index (χ0v) is 16.0. The highest BCUT2D eigenvalue weighted by atomic mass is 32.2. The molecule has 1 spiro atoms. The maximum Gasteiger partial charge on any atom is 0.244 e. The van der Waals surface area contributed by atoms with Gasteiger partial charge in [-0.25, -0.2) is 18.4 Å². The highest BCUT2D eigenvalue weighted by Crippen LogP contribution is 2.50. The lowest BCUT2D eigenvalue weighted by Gasteiger charge is -2.34. The molecule has 3 aromatic rings. The van der Waals surface area contributed by atoms with E-state index in [1.54, 1.807) is 47.3 Å². The quantitative estimate of drug-likeness (QED) is 0.679. The van der Waals surface area contributed by atoms with Gasteiger partial charge < -0.3 is 4.90 Å². The number of anilines is 1. The van der Waals surface area contributed by atoms with Crippen LogP contribution in [0.3, 0.4) is 0 Å². The van der Waals surface area contributed by atoms with E-state index >= 15 is 0 Å². The molecule has 0 radical (unpaired) electrons. The summed E-state index contributed by atoms with van der Waals surface area (Å²) in [5.41, 5.74) is 1.09. The zero-order valence-electron chi connectivity index (χ0n) is 15.1. The van der Waals surface area contributed by atoms with Crippen molar-refractivity contribution in [3.8, 4) is 0 Å². The van der Waals surface area contributed by atoms with E-state index < -0.39 is 15.6 Å². The molecule has 1 saturated heterocycles. The first-order valence-electron chi connectivity index (χ1n) is 9.14. The summed E-state index contributed by atoms with van der Waals surface area (Å²) in [6.45, 7) is 1.50. The number of pyridine rings is 1. The first kappa shape index (κ1) is 17.3. The predicted octanol–water partition coefficient (Wildman–Crippen LogP) is 2.18. The Balaban J connectivity index is 1.61. The second-order valence-corrected chi connectivity index (χ2v) is 8.95. The lowest BCUT2D eigenvalue weighted by atomic mass is 9.88. The highest BCUT2D eigenvalue weighted by Gasteiger charge is 2.57. The molecule has 5 rings (SSSR count). The van der Waals surface area contributed by atoms with Gasteiger partial charge in [-0.3, -0.25) is 4.98 Å². The third kappa shape index (κ3) is 2.52. The fraction of sp³-hybridized carbons (Fsp3) is 0.250. The van der Waals surface area contributed by atoms with E-state index in [-0.39, 0.29) is 6.54 Å². The normalized spacial score (nSPS) is 23.2. The summed E-state index contributed by atoms with van der Waals surface area (Å²) >= 11 is 0. The molecular formula is C20H19N5O2S. The number of sulfonamides is 1. The van der Waals surface area contributed by atoms with Gasteiger partial charge in [-0.15, -0.1) is 0 Å². The minimum atomic E-state index is -3.60. The smallest absolute Gasteiger partial charge is 0.244 e. The molecule has 1 fully saturated rings. The van der Waals surface area contributed by atoms with Crippen LogP contribution in [0, 0.1) is 0 Å². The standard InChI is InChI=1S/C20H19N5O2S/c26-28(27)18-7-2-1-6-17(18)20(25(28)14-16-5-3-9-21-13-16)8-12-24(15-20)19-22-10-4-11-23-19/h1-7,9-11,13H,8,12,14-15H2/t20-/m1/s1. The SMILES string of the molecule is O=S1(=O)c2ccccc2[C@]2(CCN(c3ncccn3)C2)N1Cc1cccnc1. The number of aromatic nitrogens is 3. The average Bonchev–Trinajstić information content (AvgIpc) is 3.25. The van der Waals surface area contributed by atoms with Crippen molar-refractivity contribution in [3.05, 3.63) is 78.4 Å². The van der Waals surface area contributed by atoms with Gasteiger partial charge in [0.15, 0.2) is 0 Å². The third-order valence-corrected chi connectivity index (χ3v) is 7.54. The molecule has 0 amide bonds. The van der Waals surface area contributed by atoms with Gasteiger partial charge >= 0.3 is 0 Å². The Hall–Kier alpha value is -2.84. The van der Waals surface area contributed by atoms with Gasteiger partial charge in [-0.05, 0) is 35.7 Å². The van der Waals surface area contributed by atoms with Gasteiger partial charge in [0.05, 0.1) is 10.4 Å². The van der Waals surface area contributed by atoms with Gasteiger partial charge in [0.2, 0.25) is 16.0 Å². The first-order valence-corrected chi connectivity index (χ1v) is 10.6. The fourth-order valence-electron chi connectivity index (χ4n) is 4.30. The molecule has 2 aromatic heterocycles. The van der Waals surface area contributed by atoms with Crippen molar-refractivity contribution in [1.82, 2.24) is 19.3 Å². The molecule has 8 heteroatoms. The van der Waals surface area contributed by atoms with Crippen molar-refractivity contribution >= 4 is 16.0 Å². The van der Waals surface area contributed by atoms with Crippen LogP contribution >= 0.6 is 0 Å². The van der Waals surface area contributed by atoms with E-state index in [0.717, 1.165) is 11.1 Å². The second kappa shape index (κ2) is 6.35. The predicted molar refractivity (Wildman–Crippen MR) is 104 cm³/mol. The van der Waals surface area contributed by atoms with Crippen molar-refractivity contribution in [2.45, 2.75) is 23.4 Å². The summed E-state index contributed by atoms with van der Waals surface area (Å²) in [5.74, 6) is 0.627. The number of fused-ring (bicyclic) bond motifs is 2. The van der Waals surface area contributed by atoms with Crippen LogP contribution in [-0.2, 0) is 22.1 Å². The molecule has 1 atom stereocenters. The number of hydrogen-bond donors (Lipinski definition) is 0. The Bertz CT molecular complexity index is 1110. The summed E-state index contributed by atoms with van der Waals surface area (Å²) in [4.78, 5) is 15.3. The van der Waals surface area contributed by atoms with E-state index in [9.17, 15) is 8.42 Å². The van der Waals surface area contributed by atoms with Crippen LogP contribution in [0.25, 0.3) is 0 Å². The molecule has 7 nitrogen and oxygen atoms in total. The summed E-state index contributed by atoms with van der Waals surface area (Å²) < 4.78 is 28.5. The number of nitrogens with zero attached hydrogens (tertiary/aromatic N) is 5. The van der Waals surface area contributed by atoms with E-state index in [1.807, 2.05) is 24.3 Å². The van der Waals surface area contributed by atoms with Crippen LogP contribution in [0.5, 0.6) is 0 Å². The van der Waals surface area contributed by atoms with E-state index in [1.165, 1.54) is 0 Å². The van der Waals surface area contributed by atoms with Crippen molar-refractivity contribution in [1.29, 1.82) is 0 Å². The number of benzene rings is 1. The molecule has 142 valence electrons. The van der Waals surface area contributed by atoms with Crippen LogP contribution in [0.15, 0.2) is 72.1 Å². The minimum Gasteiger partial charge on any atom is -0.338 e. The molecule has 2 aliphatic rings. The lowest BCUT2D eigenvalue weighted by Crippen LogP contribution is -2.45. The Morgan fingerprint density at radius 2 is 1.82 bits per heavy atom. The van der Waals surface area contributed by atoms with E-state index in [4.69, 9.17) is 0 Å². The maximum absolute atomic E-state index is 13.4. The molecule has 4 heterocycles. The van der Waals surface area contributed by atoms with E-state index in [2.05, 4.69) is 19.9 Å². The Labute approximate surface area is 163 Å². The summed E-state index contributed by atoms with van der Waals surface area (Å²) in [7, 11) is -3.60. The minimum absolute atomic E-state index is 0.286. The summed E-state index contributed by atoms with van der Waals surface area (Å²) in [5, 5.41) is 0. The molecule has 0 aliphatic carbocycles. The molecular weight excluding hydrogens is 374 g/mol. The Morgan fingerprint density at radius 1 is 1.00 bits per heavy atom. The highest BCUT2D eigenvalue weighted by molar-refractivity contribution is 7.89. The van der Waals surface area contributed by atoms with Gasteiger partial charge in [-0.1, -0.05) is 24.3 Å². The van der Waals surface area contributed by atoms with Crippen molar-refractivity contribution in [3.63, 3.8) is 0 Å². The molecule has 0 N–H and O–H groups in total. The van der Waals surface area contributed by atoms with Crippen molar-refractivity contribution in [2.24, 2.45) is 0 Å². The summed E-state index contributed by atoms with van der Waals surface area (Å²) in [6, 6.07) is 12.8. The monoisotopic (exact) mass is 393 g/mol. The van der Waals surface area contributed by atoms with Gasteiger partial charge in [0.1, 0.15) is 0 Å². The molecule has 0 unspecified atom stereocenters. The van der Waals surface area contributed by atoms with Gasteiger partial charge in [0, 0.05) is 44.4 Å². The van der Waals surface area contributed by atoms with Crippen molar-refractivity contribution in [2.75, 3.05) is 18.0 Å². The van der Waals surface area contributed by atoms with Crippen LogP contribution in [0.4, 0.5) is 5.95 Å². The van der Waals surface area contributed by atoms with E-state index in [0.29, 0.717) is 30.4 Å². The first-order chi connectivity index (χ1) is 13.6. The average molecular weight is 393 g/mol. The van der Waals surface area contributed by atoms with Gasteiger partial charge in [0.25, 0.3) is 0 Å². The number of hydrogen-bond acceptors (Lipinski definition) is 6. The zero-order chi connectivity index (χ0) is 19.2. The largest absolute Gasteiger partial charge is 0.338 e. The molecule has 0 bridgehead atoms. The third-order valence-electron chi connectivity index (χ3n) is 5.57. The number of rotatable bonds is 3. The molecule has 28 heavy (non-hydrogen) atoms. The van der Waals surface area contributed by atoms with Crippen LogP contribution in [0.1, 0.15) is 17.5 Å². The second-order valence-electron chi connectivity index (χ2n) is 7.12. The fourth-order valence-corrected chi connectivity index (χ4v) is 6.35. The lowest BCUT2D eigenvalue weighted by molar-refractivity contribution is 0.215. The van der Waals surface area contributed by atoms with Crippen LogP contribution < -0.4 is 4.90 Å². The molecule has 2 aliphatic heterocycles. The van der Waals surface area contributed by atoms with Crippen molar-refractivity contribution < 1.29 is 8.42 Å². The van der Waals surface area contributed by atoms with Crippen LogP contribution in [-0.4, -0.2) is 40.8 Å². The molecule has 1 aromatic carbocycles. The topological polar surface area (TPSA) is 79.3 Å². The Morgan fingerprint density at radius 3 is 2.61 bits per heavy atom. The van der Waals surface area contributed by atoms with Gasteiger partial charge in [-0.2, -0.15) is 4.31 Å². The maximum atomic E-state index is 13.4. The van der Waals surface area contributed by atoms with Crippen LogP contribution in [0.2, 0.25) is 0 Å². The molecule has 0 saturated carbocycles. The summed E-state index contributed by atoms with van der Waals surface area (Å²) in [6.07, 6.45) is 7.51. The Kier molecular flexibility index (Phi) is 3.92.